The fourth-order valence-electron chi connectivity index (χ4n) is 1.84. The Kier molecular flexibility index (Phi) is 2.42. The molecule has 1 saturated carbocycles. The van der Waals surface area contributed by atoms with E-state index in [1.165, 1.54) is 0 Å². The molecule has 1 aliphatic rings. The molecule has 2 unspecified atom stereocenters. The van der Waals surface area contributed by atoms with Gasteiger partial charge in [0.15, 0.2) is 0 Å². The number of carboxylic acids is 1. The number of rotatable bonds is 2. The molecule has 0 aromatic carbocycles. The zero-order valence-electron chi connectivity index (χ0n) is 8.00. The molecule has 1 N–H and O–H groups in total. The molecule has 0 aliphatic heterocycles. The molecule has 0 aromatic rings. The largest absolute Gasteiger partial charge is 0.481 e. The van der Waals surface area contributed by atoms with E-state index in [1.54, 1.807) is 0 Å². The summed E-state index contributed by atoms with van der Waals surface area (Å²) in [6, 6.07) is 0.450. The van der Waals surface area contributed by atoms with E-state index in [9.17, 15) is 4.79 Å². The normalized spacial score (nSPS) is 35.8. The number of nitrogens with zero attached hydrogens (tertiary/aromatic N) is 1. The van der Waals surface area contributed by atoms with Crippen LogP contribution in [0.15, 0.2) is 0 Å². The van der Waals surface area contributed by atoms with Crippen molar-refractivity contribution in [2.45, 2.75) is 32.2 Å². The summed E-state index contributed by atoms with van der Waals surface area (Å²) in [5.74, 6) is -0.646. The van der Waals surface area contributed by atoms with Gasteiger partial charge in [0, 0.05) is 6.04 Å². The maximum absolute atomic E-state index is 10.9. The van der Waals surface area contributed by atoms with E-state index in [2.05, 4.69) is 4.90 Å². The molecule has 70 valence electrons. The highest BCUT2D eigenvalue weighted by molar-refractivity contribution is 5.74. The molecule has 1 fully saturated rings. The Morgan fingerprint density at radius 1 is 1.58 bits per heavy atom. The SMILES string of the molecule is CN(C)C1CCC(C)(C(=O)O)C1. The van der Waals surface area contributed by atoms with Gasteiger partial charge in [0.25, 0.3) is 0 Å². The highest BCUT2D eigenvalue weighted by Gasteiger charge is 2.41. The lowest BCUT2D eigenvalue weighted by Crippen LogP contribution is -2.29. The first-order chi connectivity index (χ1) is 5.46. The van der Waals surface area contributed by atoms with Gasteiger partial charge in [0.1, 0.15) is 0 Å². The van der Waals surface area contributed by atoms with Crippen LogP contribution in [0.25, 0.3) is 0 Å². The van der Waals surface area contributed by atoms with Crippen LogP contribution in [-0.4, -0.2) is 36.1 Å². The molecule has 0 heterocycles. The highest BCUT2D eigenvalue weighted by Crippen LogP contribution is 2.39. The van der Waals surface area contributed by atoms with Crippen LogP contribution < -0.4 is 0 Å². The van der Waals surface area contributed by atoms with Crippen molar-refractivity contribution >= 4 is 5.97 Å². The highest BCUT2D eigenvalue weighted by atomic mass is 16.4. The Balaban J connectivity index is 2.61. The number of hydrogen-bond donors (Lipinski definition) is 1. The second kappa shape index (κ2) is 3.05. The molecular weight excluding hydrogens is 154 g/mol. The Hall–Kier alpha value is -0.570. The maximum atomic E-state index is 10.9. The molecule has 0 radical (unpaired) electrons. The Morgan fingerprint density at radius 2 is 2.17 bits per heavy atom. The minimum absolute atomic E-state index is 0.450. The Morgan fingerprint density at radius 3 is 2.42 bits per heavy atom. The Labute approximate surface area is 73.4 Å². The molecule has 0 aromatic heterocycles. The molecule has 0 bridgehead atoms. The van der Waals surface area contributed by atoms with E-state index in [0.717, 1.165) is 19.3 Å². The van der Waals surface area contributed by atoms with Crippen LogP contribution in [-0.2, 0) is 4.79 Å². The summed E-state index contributed by atoms with van der Waals surface area (Å²) < 4.78 is 0. The molecule has 2 atom stereocenters. The average molecular weight is 171 g/mol. The van der Waals surface area contributed by atoms with Gasteiger partial charge in [0.2, 0.25) is 0 Å². The third-order valence-electron chi connectivity index (χ3n) is 2.96. The zero-order valence-corrected chi connectivity index (χ0v) is 8.00. The van der Waals surface area contributed by atoms with Gasteiger partial charge in [-0.15, -0.1) is 0 Å². The molecule has 12 heavy (non-hydrogen) atoms. The average Bonchev–Trinajstić information content (AvgIpc) is 2.33. The van der Waals surface area contributed by atoms with Gasteiger partial charge in [-0.25, -0.2) is 0 Å². The van der Waals surface area contributed by atoms with E-state index < -0.39 is 11.4 Å². The molecule has 1 aliphatic carbocycles. The van der Waals surface area contributed by atoms with Crippen molar-refractivity contribution < 1.29 is 9.90 Å². The van der Waals surface area contributed by atoms with Crippen molar-refractivity contribution in [1.29, 1.82) is 0 Å². The maximum Gasteiger partial charge on any atom is 0.309 e. The molecule has 0 amide bonds. The van der Waals surface area contributed by atoms with E-state index in [-0.39, 0.29) is 0 Å². The summed E-state index contributed by atoms with van der Waals surface area (Å²) in [7, 11) is 4.02. The Bertz CT molecular complexity index is 191. The summed E-state index contributed by atoms with van der Waals surface area (Å²) in [6.07, 6.45) is 2.61. The fraction of sp³-hybridized carbons (Fsp3) is 0.889. The summed E-state index contributed by atoms with van der Waals surface area (Å²) in [4.78, 5) is 13.0. The van der Waals surface area contributed by atoms with E-state index in [4.69, 9.17) is 5.11 Å². The molecule has 3 heteroatoms. The van der Waals surface area contributed by atoms with Crippen LogP contribution in [0, 0.1) is 5.41 Å². The third-order valence-corrected chi connectivity index (χ3v) is 2.96. The van der Waals surface area contributed by atoms with Gasteiger partial charge in [-0.1, -0.05) is 0 Å². The second-order valence-electron chi connectivity index (χ2n) is 4.23. The van der Waals surface area contributed by atoms with Crippen molar-refractivity contribution in [3.8, 4) is 0 Å². The number of hydrogen-bond acceptors (Lipinski definition) is 2. The fourth-order valence-corrected chi connectivity index (χ4v) is 1.84. The second-order valence-corrected chi connectivity index (χ2v) is 4.23. The third kappa shape index (κ3) is 1.61. The van der Waals surface area contributed by atoms with Gasteiger partial charge in [-0.05, 0) is 40.3 Å². The predicted molar refractivity (Wildman–Crippen MR) is 47.1 cm³/mol. The van der Waals surface area contributed by atoms with Crippen LogP contribution in [0.5, 0.6) is 0 Å². The lowest BCUT2D eigenvalue weighted by molar-refractivity contribution is -0.147. The van der Waals surface area contributed by atoms with Crippen LogP contribution in [0.3, 0.4) is 0 Å². The van der Waals surface area contributed by atoms with E-state index in [0.29, 0.717) is 6.04 Å². The molecule has 0 saturated heterocycles. The summed E-state index contributed by atoms with van der Waals surface area (Å²) in [5, 5.41) is 8.95. The van der Waals surface area contributed by atoms with Crippen molar-refractivity contribution in [1.82, 2.24) is 4.90 Å². The summed E-state index contributed by atoms with van der Waals surface area (Å²) in [5.41, 5.74) is -0.477. The van der Waals surface area contributed by atoms with Crippen molar-refractivity contribution in [3.05, 3.63) is 0 Å². The number of aliphatic carboxylic acids is 1. The summed E-state index contributed by atoms with van der Waals surface area (Å²) in [6.45, 7) is 1.85. The zero-order chi connectivity index (χ0) is 9.35. The standard InChI is InChI=1S/C9H17NO2/c1-9(8(11)12)5-4-7(6-9)10(2)3/h7H,4-6H2,1-3H3,(H,11,12). The van der Waals surface area contributed by atoms with Crippen LogP contribution >= 0.6 is 0 Å². The van der Waals surface area contributed by atoms with E-state index >= 15 is 0 Å². The molecular formula is C9H17NO2. The molecule has 3 nitrogen and oxygen atoms in total. The minimum atomic E-state index is -0.646. The molecule has 1 rings (SSSR count). The van der Waals surface area contributed by atoms with Crippen molar-refractivity contribution in [2.75, 3.05) is 14.1 Å². The minimum Gasteiger partial charge on any atom is -0.481 e. The quantitative estimate of drug-likeness (QED) is 0.678. The smallest absolute Gasteiger partial charge is 0.309 e. The first kappa shape index (κ1) is 9.52. The monoisotopic (exact) mass is 171 g/mol. The van der Waals surface area contributed by atoms with Crippen LogP contribution in [0.1, 0.15) is 26.2 Å². The number of carboxylic acid groups (broad SMARTS) is 1. The van der Waals surface area contributed by atoms with E-state index in [1.807, 2.05) is 21.0 Å². The van der Waals surface area contributed by atoms with Gasteiger partial charge in [-0.2, -0.15) is 0 Å². The first-order valence-electron chi connectivity index (χ1n) is 4.35. The summed E-state index contributed by atoms with van der Waals surface area (Å²) >= 11 is 0. The number of carbonyl (C=O) groups is 1. The van der Waals surface area contributed by atoms with Gasteiger partial charge in [-0.3, -0.25) is 4.79 Å². The lowest BCUT2D eigenvalue weighted by Gasteiger charge is -2.21. The van der Waals surface area contributed by atoms with Gasteiger partial charge in [0.05, 0.1) is 5.41 Å². The predicted octanol–water partition coefficient (Wildman–Crippen LogP) is 1.19. The van der Waals surface area contributed by atoms with Crippen molar-refractivity contribution in [2.24, 2.45) is 5.41 Å². The first-order valence-corrected chi connectivity index (χ1v) is 4.35. The van der Waals surface area contributed by atoms with Crippen LogP contribution in [0.2, 0.25) is 0 Å². The van der Waals surface area contributed by atoms with Crippen molar-refractivity contribution in [3.63, 3.8) is 0 Å². The van der Waals surface area contributed by atoms with Gasteiger partial charge >= 0.3 is 5.97 Å². The topological polar surface area (TPSA) is 40.5 Å². The molecule has 0 spiro atoms. The lowest BCUT2D eigenvalue weighted by atomic mass is 9.89. The van der Waals surface area contributed by atoms with Crippen LogP contribution in [0.4, 0.5) is 0 Å². The van der Waals surface area contributed by atoms with Gasteiger partial charge < -0.3 is 10.0 Å².